The van der Waals surface area contributed by atoms with Gasteiger partial charge in [-0.1, -0.05) is 20.3 Å². The first-order valence-corrected chi connectivity index (χ1v) is 5.19. The summed E-state index contributed by atoms with van der Waals surface area (Å²) >= 11 is 0. The zero-order valence-corrected chi connectivity index (χ0v) is 9.41. The molecule has 2 atom stereocenters. The highest BCUT2D eigenvalue weighted by Crippen LogP contribution is 2.12. The lowest BCUT2D eigenvalue weighted by molar-refractivity contribution is 0.493. The van der Waals surface area contributed by atoms with Crippen LogP contribution in [0.4, 0.5) is 5.82 Å². The summed E-state index contributed by atoms with van der Waals surface area (Å²) in [5.41, 5.74) is 0. The van der Waals surface area contributed by atoms with Gasteiger partial charge in [0.15, 0.2) is 0 Å². The Hall–Kier alpha value is -1.12. The molecule has 0 amide bonds. The van der Waals surface area contributed by atoms with Gasteiger partial charge in [-0.2, -0.15) is 0 Å². The van der Waals surface area contributed by atoms with Gasteiger partial charge in [0.05, 0.1) is 0 Å². The Bertz CT molecular complexity index is 286. The average Bonchev–Trinajstić information content (AvgIpc) is 2.16. The van der Waals surface area contributed by atoms with Crippen LogP contribution in [0, 0.1) is 12.8 Å². The molecule has 14 heavy (non-hydrogen) atoms. The topological polar surface area (TPSA) is 37.8 Å². The van der Waals surface area contributed by atoms with E-state index in [0.717, 1.165) is 11.6 Å². The summed E-state index contributed by atoms with van der Waals surface area (Å²) in [5, 5.41) is 3.38. The molecular formula is C11H19N3. The molecule has 1 aromatic rings. The van der Waals surface area contributed by atoms with Gasteiger partial charge in [0.2, 0.25) is 0 Å². The number of hydrogen-bond acceptors (Lipinski definition) is 3. The Balaban J connectivity index is 2.60. The van der Waals surface area contributed by atoms with Crippen molar-refractivity contribution in [2.75, 3.05) is 5.32 Å². The van der Waals surface area contributed by atoms with Crippen LogP contribution in [-0.4, -0.2) is 16.0 Å². The summed E-state index contributed by atoms with van der Waals surface area (Å²) in [5.74, 6) is 2.39. The van der Waals surface area contributed by atoms with Crippen LogP contribution in [0.1, 0.15) is 33.0 Å². The third-order valence-electron chi connectivity index (χ3n) is 2.65. The highest BCUT2D eigenvalue weighted by atomic mass is 15.0. The van der Waals surface area contributed by atoms with E-state index in [1.54, 1.807) is 6.20 Å². The number of aromatic nitrogens is 2. The van der Waals surface area contributed by atoms with Gasteiger partial charge in [-0.25, -0.2) is 9.97 Å². The third-order valence-corrected chi connectivity index (χ3v) is 2.65. The van der Waals surface area contributed by atoms with Crippen LogP contribution >= 0.6 is 0 Å². The monoisotopic (exact) mass is 193 g/mol. The van der Waals surface area contributed by atoms with Crippen molar-refractivity contribution in [1.82, 2.24) is 9.97 Å². The van der Waals surface area contributed by atoms with Gasteiger partial charge in [0.1, 0.15) is 11.6 Å². The quantitative estimate of drug-likeness (QED) is 0.798. The third kappa shape index (κ3) is 2.98. The molecule has 1 N–H and O–H groups in total. The molecule has 0 aliphatic heterocycles. The predicted molar refractivity (Wildman–Crippen MR) is 59.3 cm³/mol. The van der Waals surface area contributed by atoms with Crippen molar-refractivity contribution in [3.63, 3.8) is 0 Å². The number of aryl methyl sites for hydroxylation is 1. The van der Waals surface area contributed by atoms with E-state index in [9.17, 15) is 0 Å². The van der Waals surface area contributed by atoms with E-state index in [1.807, 2.05) is 13.0 Å². The lowest BCUT2D eigenvalue weighted by Gasteiger charge is -2.20. The maximum absolute atomic E-state index is 4.31. The number of anilines is 1. The fourth-order valence-electron chi connectivity index (χ4n) is 1.27. The standard InChI is InChI=1S/C11H19N3/c1-5-8(2)9(3)13-11-6-7-12-10(4)14-11/h6-9H,5H2,1-4H3,(H,12,13,14). The van der Waals surface area contributed by atoms with E-state index in [4.69, 9.17) is 0 Å². The number of nitrogens with zero attached hydrogens (tertiary/aromatic N) is 2. The van der Waals surface area contributed by atoms with E-state index in [0.29, 0.717) is 12.0 Å². The lowest BCUT2D eigenvalue weighted by atomic mass is 10.0. The molecule has 2 unspecified atom stereocenters. The van der Waals surface area contributed by atoms with Gasteiger partial charge in [-0.3, -0.25) is 0 Å². The molecule has 0 spiro atoms. The molecule has 0 aliphatic rings. The van der Waals surface area contributed by atoms with Crippen LogP contribution < -0.4 is 5.32 Å². The average molecular weight is 193 g/mol. The van der Waals surface area contributed by atoms with Crippen LogP contribution in [-0.2, 0) is 0 Å². The molecule has 1 aromatic heterocycles. The zero-order valence-electron chi connectivity index (χ0n) is 9.41. The van der Waals surface area contributed by atoms with Crippen molar-refractivity contribution in [2.45, 2.75) is 40.2 Å². The maximum Gasteiger partial charge on any atom is 0.129 e. The van der Waals surface area contributed by atoms with Crippen molar-refractivity contribution >= 4 is 5.82 Å². The summed E-state index contributed by atoms with van der Waals surface area (Å²) in [6.45, 7) is 8.53. The van der Waals surface area contributed by atoms with Crippen molar-refractivity contribution in [3.05, 3.63) is 18.1 Å². The zero-order chi connectivity index (χ0) is 10.6. The van der Waals surface area contributed by atoms with Gasteiger partial charge in [-0.05, 0) is 25.8 Å². The SMILES string of the molecule is CCC(C)C(C)Nc1ccnc(C)n1. The summed E-state index contributed by atoms with van der Waals surface area (Å²) in [7, 11) is 0. The predicted octanol–water partition coefficient (Wildman–Crippen LogP) is 2.63. The summed E-state index contributed by atoms with van der Waals surface area (Å²) in [6.07, 6.45) is 2.96. The van der Waals surface area contributed by atoms with E-state index in [1.165, 1.54) is 6.42 Å². The maximum atomic E-state index is 4.31. The first kappa shape index (κ1) is 11.0. The number of rotatable bonds is 4. The van der Waals surface area contributed by atoms with Gasteiger partial charge in [0, 0.05) is 12.2 Å². The molecule has 0 fully saturated rings. The van der Waals surface area contributed by atoms with Gasteiger partial charge >= 0.3 is 0 Å². The molecule has 1 rings (SSSR count). The van der Waals surface area contributed by atoms with Gasteiger partial charge < -0.3 is 5.32 Å². The summed E-state index contributed by atoms with van der Waals surface area (Å²) in [6, 6.07) is 2.36. The van der Waals surface area contributed by atoms with E-state index >= 15 is 0 Å². The van der Waals surface area contributed by atoms with Crippen molar-refractivity contribution < 1.29 is 0 Å². The Kier molecular flexibility index (Phi) is 3.86. The Morgan fingerprint density at radius 3 is 2.71 bits per heavy atom. The van der Waals surface area contributed by atoms with Crippen LogP contribution in [0.3, 0.4) is 0 Å². The molecule has 3 heteroatoms. The molecule has 0 saturated heterocycles. The van der Waals surface area contributed by atoms with E-state index < -0.39 is 0 Å². The summed E-state index contributed by atoms with van der Waals surface area (Å²) < 4.78 is 0. The minimum Gasteiger partial charge on any atom is -0.367 e. The van der Waals surface area contributed by atoms with Crippen LogP contribution in [0.25, 0.3) is 0 Å². The molecule has 0 saturated carbocycles. The minimum atomic E-state index is 0.453. The van der Waals surface area contributed by atoms with Crippen LogP contribution in [0.2, 0.25) is 0 Å². The van der Waals surface area contributed by atoms with Crippen molar-refractivity contribution in [3.8, 4) is 0 Å². The van der Waals surface area contributed by atoms with Crippen LogP contribution in [0.5, 0.6) is 0 Å². The molecular weight excluding hydrogens is 174 g/mol. The second-order valence-corrected chi connectivity index (χ2v) is 3.81. The molecule has 1 heterocycles. The highest BCUT2D eigenvalue weighted by molar-refractivity contribution is 5.33. The molecule has 0 bridgehead atoms. The molecule has 0 aliphatic carbocycles. The Morgan fingerprint density at radius 1 is 1.43 bits per heavy atom. The van der Waals surface area contributed by atoms with Crippen LogP contribution in [0.15, 0.2) is 12.3 Å². The highest BCUT2D eigenvalue weighted by Gasteiger charge is 2.09. The second kappa shape index (κ2) is 4.94. The molecule has 0 aromatic carbocycles. The second-order valence-electron chi connectivity index (χ2n) is 3.81. The van der Waals surface area contributed by atoms with Crippen molar-refractivity contribution in [2.24, 2.45) is 5.92 Å². The minimum absolute atomic E-state index is 0.453. The fraction of sp³-hybridized carbons (Fsp3) is 0.636. The lowest BCUT2D eigenvalue weighted by Crippen LogP contribution is -2.23. The fourth-order valence-corrected chi connectivity index (χ4v) is 1.27. The molecule has 3 nitrogen and oxygen atoms in total. The molecule has 78 valence electrons. The molecule has 0 radical (unpaired) electrons. The largest absolute Gasteiger partial charge is 0.367 e. The van der Waals surface area contributed by atoms with E-state index in [-0.39, 0.29) is 0 Å². The van der Waals surface area contributed by atoms with E-state index in [2.05, 4.69) is 36.1 Å². The first-order valence-electron chi connectivity index (χ1n) is 5.19. The smallest absolute Gasteiger partial charge is 0.129 e. The van der Waals surface area contributed by atoms with Crippen molar-refractivity contribution in [1.29, 1.82) is 0 Å². The Labute approximate surface area is 86.0 Å². The Morgan fingerprint density at radius 2 is 2.14 bits per heavy atom. The number of nitrogens with one attached hydrogen (secondary N) is 1. The van der Waals surface area contributed by atoms with Gasteiger partial charge in [-0.15, -0.1) is 0 Å². The number of hydrogen-bond donors (Lipinski definition) is 1. The summed E-state index contributed by atoms with van der Waals surface area (Å²) in [4.78, 5) is 8.37. The normalized spacial score (nSPS) is 14.9. The van der Waals surface area contributed by atoms with Gasteiger partial charge in [0.25, 0.3) is 0 Å². The first-order chi connectivity index (χ1) is 6.63.